The number of hydrogen-bond acceptors (Lipinski definition) is 16. The van der Waals surface area contributed by atoms with Crippen molar-refractivity contribution in [3.8, 4) is 57.5 Å². The van der Waals surface area contributed by atoms with Gasteiger partial charge in [-0.25, -0.2) is 43.7 Å². The van der Waals surface area contributed by atoms with Crippen molar-refractivity contribution in [2.75, 3.05) is 49.1 Å². The zero-order valence-electron chi connectivity index (χ0n) is 46.5. The number of ether oxygens (including phenoxy) is 3. The molecule has 1 atom stereocenters. The van der Waals surface area contributed by atoms with E-state index in [0.717, 1.165) is 100 Å². The van der Waals surface area contributed by atoms with Crippen molar-refractivity contribution in [3.05, 3.63) is 121 Å². The molecule has 1 unspecified atom stereocenters. The molecule has 9 heterocycles. The number of fused-ring (bicyclic) bond motifs is 2. The Hall–Kier alpha value is -9.63. The van der Waals surface area contributed by atoms with Crippen molar-refractivity contribution in [1.29, 1.82) is 10.5 Å². The van der Waals surface area contributed by atoms with Gasteiger partial charge in [-0.2, -0.15) is 10.5 Å². The molecule has 6 aromatic heterocycles. The Balaban J connectivity index is 0.000000176. The normalized spacial score (nSPS) is 17.0. The molecule has 3 aliphatic heterocycles. The number of rotatable bonds is 12. The highest BCUT2D eigenvalue weighted by Crippen LogP contribution is 2.40. The summed E-state index contributed by atoms with van der Waals surface area (Å²) in [6.45, 7) is 9.35. The fraction of sp³-hybridized carbons (Fsp3) is 0.371. The molecule has 2 N–H and O–H groups in total. The standard InChI is InChI=1S/C33H35N7O5.C29H28N6O3/c1-33(2,3)45-32(43)39-16-13-24(20-39)44-30-28-25(22-9-10-27(35-19-22)38-14-11-21(18-34)12-15-38)17-26(31(41)42)36-29(28)40(37-30)23-7-5-4-6-8-23;30-17-19-12-14-34(15-13-19)25-11-10-20(18-31-25)23-16-24(29(36)37)32-27-26(23)28(38-22-8-4-5-9-22)33-35(27)21-6-2-1-3-7-21/h4-10,17,19,21,24H,11-16,20H2,1-3H3,(H,41,42);1-3,6-7,10-11,16,18-19,22H,4-5,8-9,12-15H2,(H,36,37). The molecule has 0 radical (unpaired) electrons. The Morgan fingerprint density at radius 3 is 1.42 bits per heavy atom. The van der Waals surface area contributed by atoms with Gasteiger partial charge < -0.3 is 39.1 Å². The number of piperidine rings is 2. The smallest absolute Gasteiger partial charge is 0.410 e. The molecule has 8 aromatic rings. The number of aromatic carboxylic acids is 2. The number of likely N-dealkylation sites (tertiary alicyclic amines) is 1. The molecule has 21 heteroatoms. The summed E-state index contributed by atoms with van der Waals surface area (Å²) in [7, 11) is 0. The van der Waals surface area contributed by atoms with E-state index in [1.807, 2.05) is 106 Å². The van der Waals surface area contributed by atoms with Gasteiger partial charge in [-0.05, 0) is 133 Å². The molecule has 4 fully saturated rings. The van der Waals surface area contributed by atoms with Crippen LogP contribution in [-0.2, 0) is 4.74 Å². The fourth-order valence-corrected chi connectivity index (χ4v) is 11.1. The second-order valence-corrected chi connectivity index (χ2v) is 22.3. The van der Waals surface area contributed by atoms with Crippen LogP contribution >= 0.6 is 0 Å². The minimum Gasteiger partial charge on any atom is -0.477 e. The quantitative estimate of drug-likeness (QED) is 0.115. The molecular formula is C62H63N13O8. The van der Waals surface area contributed by atoms with Gasteiger partial charge in [0.2, 0.25) is 11.8 Å². The zero-order valence-corrected chi connectivity index (χ0v) is 46.5. The molecule has 1 saturated carbocycles. The minimum atomic E-state index is -1.17. The third kappa shape index (κ3) is 12.2. The van der Waals surface area contributed by atoms with Crippen molar-refractivity contribution in [2.45, 2.75) is 96.4 Å². The Bertz CT molecular complexity index is 3740. The minimum absolute atomic E-state index is 0.0655. The van der Waals surface area contributed by atoms with Gasteiger partial charge in [-0.3, -0.25) is 0 Å². The summed E-state index contributed by atoms with van der Waals surface area (Å²) in [6, 6.07) is 34.4. The highest BCUT2D eigenvalue weighted by molar-refractivity contribution is 6.02. The fourth-order valence-electron chi connectivity index (χ4n) is 11.1. The number of amides is 1. The van der Waals surface area contributed by atoms with E-state index < -0.39 is 23.6 Å². The predicted molar refractivity (Wildman–Crippen MR) is 309 cm³/mol. The predicted octanol–water partition coefficient (Wildman–Crippen LogP) is 10.6. The SMILES string of the molecule is CC(C)(C)OC(=O)N1CCC(Oc2nn(-c3ccccc3)c3nc(C(=O)O)cc(-c4ccc(N5CCC(C#N)CC5)nc4)c23)C1.N#CC1CCN(c2ccc(-c3cc(C(=O)O)nc4c3c(OC3CCCC3)nn4-c3ccccc3)cn2)CC1. The van der Waals surface area contributed by atoms with Gasteiger partial charge in [-0.15, -0.1) is 10.2 Å². The number of aromatic nitrogens is 8. The van der Waals surface area contributed by atoms with Gasteiger partial charge in [0.05, 0.1) is 40.8 Å². The lowest BCUT2D eigenvalue weighted by molar-refractivity contribution is 0.0274. The lowest BCUT2D eigenvalue weighted by atomic mass is 9.98. The molecule has 4 aliphatic rings. The van der Waals surface area contributed by atoms with Crippen molar-refractivity contribution in [2.24, 2.45) is 11.8 Å². The van der Waals surface area contributed by atoms with E-state index in [1.165, 1.54) is 6.07 Å². The summed E-state index contributed by atoms with van der Waals surface area (Å²) in [4.78, 5) is 61.5. The number of nitriles is 2. The van der Waals surface area contributed by atoms with Crippen LogP contribution in [0.3, 0.4) is 0 Å². The third-order valence-corrected chi connectivity index (χ3v) is 15.4. The van der Waals surface area contributed by atoms with Gasteiger partial charge >= 0.3 is 18.0 Å². The molecule has 83 heavy (non-hydrogen) atoms. The molecule has 424 valence electrons. The lowest BCUT2D eigenvalue weighted by Crippen LogP contribution is -2.36. The Morgan fingerprint density at radius 2 is 1.02 bits per heavy atom. The molecular weight excluding hydrogens is 1050 g/mol. The maximum Gasteiger partial charge on any atom is 0.410 e. The lowest BCUT2D eigenvalue weighted by Gasteiger charge is -2.30. The maximum atomic E-state index is 12.7. The second-order valence-electron chi connectivity index (χ2n) is 22.3. The average molecular weight is 1120 g/mol. The number of pyridine rings is 4. The largest absolute Gasteiger partial charge is 0.477 e. The Labute approximate surface area is 479 Å². The first-order chi connectivity index (χ1) is 40.2. The molecule has 1 aliphatic carbocycles. The van der Waals surface area contributed by atoms with Gasteiger partial charge in [0.1, 0.15) is 29.4 Å². The van der Waals surface area contributed by atoms with Crippen LogP contribution < -0.4 is 19.3 Å². The highest BCUT2D eigenvalue weighted by atomic mass is 16.6. The number of carbonyl (C=O) groups excluding carboxylic acids is 1. The number of carboxylic acids is 2. The van der Waals surface area contributed by atoms with Crippen molar-refractivity contribution in [1.82, 2.24) is 44.4 Å². The van der Waals surface area contributed by atoms with E-state index in [0.29, 0.717) is 69.8 Å². The summed E-state index contributed by atoms with van der Waals surface area (Å²) in [5.74, 6) is 0.261. The number of carboxylic acid groups (broad SMARTS) is 2. The summed E-state index contributed by atoms with van der Waals surface area (Å²) in [5, 5.41) is 49.2. The highest BCUT2D eigenvalue weighted by Gasteiger charge is 2.34. The van der Waals surface area contributed by atoms with Crippen LogP contribution in [0.5, 0.6) is 11.8 Å². The summed E-state index contributed by atoms with van der Waals surface area (Å²) < 4.78 is 21.7. The molecule has 2 aromatic carbocycles. The maximum absolute atomic E-state index is 12.7. The number of benzene rings is 2. The summed E-state index contributed by atoms with van der Waals surface area (Å²) in [5.41, 5.74) is 4.09. The van der Waals surface area contributed by atoms with E-state index in [1.54, 1.807) is 32.7 Å². The van der Waals surface area contributed by atoms with Crippen LogP contribution in [0, 0.1) is 34.5 Å². The number of nitrogens with zero attached hydrogens (tertiary/aromatic N) is 13. The Morgan fingerprint density at radius 1 is 0.578 bits per heavy atom. The van der Waals surface area contributed by atoms with E-state index in [9.17, 15) is 35.1 Å². The zero-order chi connectivity index (χ0) is 57.8. The molecule has 0 bridgehead atoms. The number of para-hydroxylation sites is 2. The molecule has 3 saturated heterocycles. The van der Waals surface area contributed by atoms with E-state index in [4.69, 9.17) is 34.4 Å². The first-order valence-corrected chi connectivity index (χ1v) is 28.2. The summed E-state index contributed by atoms with van der Waals surface area (Å²) >= 11 is 0. The van der Waals surface area contributed by atoms with Crippen LogP contribution in [-0.4, -0.2) is 130 Å². The molecule has 21 nitrogen and oxygen atoms in total. The van der Waals surface area contributed by atoms with Crippen molar-refractivity contribution < 1.29 is 38.8 Å². The molecule has 0 spiro atoms. The van der Waals surface area contributed by atoms with Gasteiger partial charge in [-0.1, -0.05) is 36.4 Å². The van der Waals surface area contributed by atoms with Crippen LogP contribution in [0.15, 0.2) is 109 Å². The monoisotopic (exact) mass is 1120 g/mol. The van der Waals surface area contributed by atoms with E-state index in [-0.39, 0.29) is 41.3 Å². The van der Waals surface area contributed by atoms with Gasteiger partial charge in [0, 0.05) is 85.6 Å². The average Bonchev–Trinajstić information content (AvgIpc) is 4.39. The van der Waals surface area contributed by atoms with Crippen LogP contribution in [0.25, 0.3) is 55.7 Å². The third-order valence-electron chi connectivity index (χ3n) is 15.4. The van der Waals surface area contributed by atoms with Crippen LogP contribution in [0.4, 0.5) is 16.4 Å². The molecule has 1 amide bonds. The van der Waals surface area contributed by atoms with Crippen molar-refractivity contribution in [3.63, 3.8) is 0 Å². The first kappa shape index (κ1) is 55.3. The first-order valence-electron chi connectivity index (χ1n) is 28.2. The van der Waals surface area contributed by atoms with Gasteiger partial charge in [0.15, 0.2) is 22.7 Å². The molecule has 12 rings (SSSR count). The van der Waals surface area contributed by atoms with Gasteiger partial charge in [0.25, 0.3) is 0 Å². The van der Waals surface area contributed by atoms with Crippen LogP contribution in [0.1, 0.15) is 99.5 Å². The Kier molecular flexibility index (Phi) is 15.9. The van der Waals surface area contributed by atoms with E-state index >= 15 is 0 Å². The topological polar surface area (TPSA) is 264 Å². The second kappa shape index (κ2) is 23.8. The van der Waals surface area contributed by atoms with Crippen molar-refractivity contribution >= 4 is 51.7 Å². The van der Waals surface area contributed by atoms with Crippen LogP contribution in [0.2, 0.25) is 0 Å². The number of anilines is 2. The summed E-state index contributed by atoms with van der Waals surface area (Å²) in [6.07, 6.45) is 10.8. The number of carbonyl (C=O) groups is 3. The van der Waals surface area contributed by atoms with E-state index in [2.05, 4.69) is 31.9 Å². The number of hydrogen-bond donors (Lipinski definition) is 2.